The molecule has 1 aliphatic heterocycles. The molecule has 1 atom stereocenters. The Morgan fingerprint density at radius 1 is 1.30 bits per heavy atom. The molecule has 4 amide bonds. The third-order valence-electron chi connectivity index (χ3n) is 4.87. The van der Waals surface area contributed by atoms with Crippen molar-refractivity contribution >= 4 is 45.5 Å². The van der Waals surface area contributed by atoms with Gasteiger partial charge < -0.3 is 20.1 Å². The van der Waals surface area contributed by atoms with Gasteiger partial charge in [-0.05, 0) is 65.2 Å². The van der Waals surface area contributed by atoms with Gasteiger partial charge in [-0.3, -0.25) is 9.59 Å². The third kappa shape index (κ3) is 5.70. The summed E-state index contributed by atoms with van der Waals surface area (Å²) in [5, 5.41) is 4.80. The Morgan fingerprint density at radius 2 is 2.03 bits per heavy atom. The molecule has 2 aromatic carbocycles. The van der Waals surface area contributed by atoms with E-state index in [9.17, 15) is 18.8 Å². The maximum atomic E-state index is 13.7. The van der Waals surface area contributed by atoms with Crippen molar-refractivity contribution in [1.29, 1.82) is 0 Å². The highest BCUT2D eigenvalue weighted by Crippen LogP contribution is 2.38. The maximum absolute atomic E-state index is 13.7. The summed E-state index contributed by atoms with van der Waals surface area (Å²) in [4.78, 5) is 38.0. The number of hydrogen-bond donors (Lipinski definition) is 2. The molecule has 1 heterocycles. The highest BCUT2D eigenvalue weighted by Gasteiger charge is 2.35. The lowest BCUT2D eigenvalue weighted by molar-refractivity contribution is -0.127. The van der Waals surface area contributed by atoms with Gasteiger partial charge in [0.1, 0.15) is 18.1 Å². The zero-order chi connectivity index (χ0) is 24.1. The Labute approximate surface area is 198 Å². The lowest BCUT2D eigenvalue weighted by Gasteiger charge is -2.17. The Morgan fingerprint density at radius 3 is 2.70 bits per heavy atom. The average molecular weight is 520 g/mol. The molecule has 10 heteroatoms. The van der Waals surface area contributed by atoms with Gasteiger partial charge in [-0.1, -0.05) is 19.1 Å². The van der Waals surface area contributed by atoms with Crippen LogP contribution in [0, 0.1) is 5.82 Å². The molecule has 2 N–H and O–H groups in total. The van der Waals surface area contributed by atoms with Crippen molar-refractivity contribution < 1.29 is 28.2 Å². The molecule has 3 rings (SSSR count). The van der Waals surface area contributed by atoms with Crippen LogP contribution in [-0.2, 0) is 9.59 Å². The minimum absolute atomic E-state index is 0.0109. The number of amides is 4. The van der Waals surface area contributed by atoms with Gasteiger partial charge in [-0.25, -0.2) is 14.1 Å². The molecule has 1 saturated heterocycles. The molecule has 0 unspecified atom stereocenters. The molecule has 0 saturated carbocycles. The largest absolute Gasteiger partial charge is 0.493 e. The minimum atomic E-state index is -0.752. The molecule has 0 radical (unpaired) electrons. The zero-order valence-corrected chi connectivity index (χ0v) is 19.9. The fraction of sp³-hybridized carbons (Fsp3) is 0.261. The predicted octanol–water partition coefficient (Wildman–Crippen LogP) is 4.31. The first-order valence-electron chi connectivity index (χ1n) is 10.2. The number of urea groups is 1. The van der Waals surface area contributed by atoms with Crippen molar-refractivity contribution in [2.24, 2.45) is 0 Å². The van der Waals surface area contributed by atoms with E-state index in [2.05, 4.69) is 26.6 Å². The third-order valence-corrected chi connectivity index (χ3v) is 5.46. The van der Waals surface area contributed by atoms with E-state index in [1.54, 1.807) is 18.2 Å². The Balaban J connectivity index is 1.77. The number of benzene rings is 2. The van der Waals surface area contributed by atoms with E-state index in [0.717, 1.165) is 11.3 Å². The van der Waals surface area contributed by atoms with Crippen LogP contribution < -0.4 is 20.1 Å². The molecule has 0 spiro atoms. The van der Waals surface area contributed by atoms with Crippen LogP contribution >= 0.6 is 15.9 Å². The molecule has 0 aliphatic carbocycles. The summed E-state index contributed by atoms with van der Waals surface area (Å²) in [6, 6.07) is 8.25. The molecule has 2 aromatic rings. The maximum Gasteiger partial charge on any atom is 0.329 e. The summed E-state index contributed by atoms with van der Waals surface area (Å²) >= 11 is 3.45. The quantitative estimate of drug-likeness (QED) is 0.400. The monoisotopic (exact) mass is 519 g/mol. The number of nitrogens with one attached hydrogen (secondary N) is 2. The lowest BCUT2D eigenvalue weighted by Crippen LogP contribution is -2.38. The second-order valence-electron chi connectivity index (χ2n) is 7.28. The van der Waals surface area contributed by atoms with Crippen LogP contribution in [0.25, 0.3) is 6.08 Å². The van der Waals surface area contributed by atoms with Crippen molar-refractivity contribution in [3.8, 4) is 11.5 Å². The standard InChI is InChI=1S/C23H23BrFN3O5/c1-4-13(2)33-21-15(24)9-14(11-19(21)32-3)10-18-22(30)28(23(31)27-18)12-20(29)26-17-8-6-5-7-16(17)25/h5-11,13H,4,12H2,1-3H3,(H,26,29)(H,27,31)/b18-10+/t13-/m0/s1. The van der Waals surface area contributed by atoms with Gasteiger partial charge in [0.2, 0.25) is 5.91 Å². The molecular weight excluding hydrogens is 497 g/mol. The fourth-order valence-corrected chi connectivity index (χ4v) is 3.55. The summed E-state index contributed by atoms with van der Waals surface area (Å²) in [5.41, 5.74) is 0.515. The number of hydrogen-bond acceptors (Lipinski definition) is 5. The van der Waals surface area contributed by atoms with E-state index >= 15 is 0 Å². The number of halogens is 2. The van der Waals surface area contributed by atoms with E-state index in [4.69, 9.17) is 9.47 Å². The Kier molecular flexibility index (Phi) is 7.70. The van der Waals surface area contributed by atoms with E-state index in [0.29, 0.717) is 21.5 Å². The van der Waals surface area contributed by atoms with Crippen LogP contribution in [0.1, 0.15) is 25.8 Å². The highest BCUT2D eigenvalue weighted by atomic mass is 79.9. The number of carbonyl (C=O) groups excluding carboxylic acids is 3. The SMILES string of the molecule is CC[C@H](C)Oc1c(Br)cc(/C=C2/NC(=O)N(CC(=O)Nc3ccccc3F)C2=O)cc1OC. The van der Waals surface area contributed by atoms with Crippen LogP contribution in [0.3, 0.4) is 0 Å². The molecule has 1 aliphatic rings. The van der Waals surface area contributed by atoms with Crippen LogP contribution in [0.5, 0.6) is 11.5 Å². The van der Waals surface area contributed by atoms with Crippen LogP contribution in [0.15, 0.2) is 46.6 Å². The smallest absolute Gasteiger partial charge is 0.329 e. The molecule has 8 nitrogen and oxygen atoms in total. The number of para-hydroxylation sites is 1. The summed E-state index contributed by atoms with van der Waals surface area (Å²) in [7, 11) is 1.50. The van der Waals surface area contributed by atoms with Gasteiger partial charge in [-0.2, -0.15) is 0 Å². The predicted molar refractivity (Wildman–Crippen MR) is 124 cm³/mol. The van der Waals surface area contributed by atoms with Crippen molar-refractivity contribution in [2.75, 3.05) is 19.0 Å². The van der Waals surface area contributed by atoms with E-state index in [1.165, 1.54) is 31.4 Å². The van der Waals surface area contributed by atoms with E-state index in [1.807, 2.05) is 13.8 Å². The van der Waals surface area contributed by atoms with Gasteiger partial charge >= 0.3 is 6.03 Å². The van der Waals surface area contributed by atoms with Crippen molar-refractivity contribution in [3.63, 3.8) is 0 Å². The molecule has 33 heavy (non-hydrogen) atoms. The van der Waals surface area contributed by atoms with Crippen LogP contribution in [-0.4, -0.2) is 42.5 Å². The van der Waals surface area contributed by atoms with Gasteiger partial charge in [0.05, 0.1) is 23.4 Å². The number of rotatable bonds is 8. The van der Waals surface area contributed by atoms with E-state index in [-0.39, 0.29) is 17.5 Å². The fourth-order valence-electron chi connectivity index (χ4n) is 3.00. The Bertz CT molecular complexity index is 1120. The molecule has 0 bridgehead atoms. The number of nitrogens with zero attached hydrogens (tertiary/aromatic N) is 1. The first kappa shape index (κ1) is 24.2. The van der Waals surface area contributed by atoms with Gasteiger partial charge in [-0.15, -0.1) is 0 Å². The van der Waals surface area contributed by atoms with Crippen LogP contribution in [0.4, 0.5) is 14.9 Å². The van der Waals surface area contributed by atoms with Gasteiger partial charge in [0.25, 0.3) is 5.91 Å². The van der Waals surface area contributed by atoms with E-state index < -0.39 is 30.2 Å². The second-order valence-corrected chi connectivity index (χ2v) is 8.13. The average Bonchev–Trinajstić information content (AvgIpc) is 3.04. The lowest BCUT2D eigenvalue weighted by atomic mass is 10.1. The summed E-state index contributed by atoms with van der Waals surface area (Å²) < 4.78 is 25.6. The second kappa shape index (κ2) is 10.5. The summed E-state index contributed by atoms with van der Waals surface area (Å²) in [6.07, 6.45) is 2.25. The number of anilines is 1. The normalized spacial score (nSPS) is 15.4. The Hall–Kier alpha value is -3.40. The first-order chi connectivity index (χ1) is 15.7. The van der Waals surface area contributed by atoms with Gasteiger partial charge in [0.15, 0.2) is 11.5 Å². The van der Waals surface area contributed by atoms with Crippen LogP contribution in [0.2, 0.25) is 0 Å². The molecule has 174 valence electrons. The van der Waals surface area contributed by atoms with Crippen molar-refractivity contribution in [3.05, 3.63) is 57.9 Å². The zero-order valence-electron chi connectivity index (χ0n) is 18.3. The topological polar surface area (TPSA) is 97.0 Å². The first-order valence-corrected chi connectivity index (χ1v) is 11.0. The van der Waals surface area contributed by atoms with Crippen molar-refractivity contribution in [1.82, 2.24) is 10.2 Å². The minimum Gasteiger partial charge on any atom is -0.493 e. The molecule has 0 aromatic heterocycles. The molecule has 1 fully saturated rings. The van der Waals surface area contributed by atoms with Crippen molar-refractivity contribution in [2.45, 2.75) is 26.4 Å². The number of imide groups is 1. The summed E-state index contributed by atoms with van der Waals surface area (Å²) in [5.74, 6) is -1.03. The summed E-state index contributed by atoms with van der Waals surface area (Å²) in [6.45, 7) is 3.37. The highest BCUT2D eigenvalue weighted by molar-refractivity contribution is 9.10. The number of ether oxygens (including phenoxy) is 2. The number of carbonyl (C=O) groups is 3. The van der Waals surface area contributed by atoms with Gasteiger partial charge in [0, 0.05) is 0 Å². The number of methoxy groups -OCH3 is 1. The molecular formula is C23H23BrFN3O5.